The summed E-state index contributed by atoms with van der Waals surface area (Å²) in [5.41, 5.74) is -0.798. The molecule has 3 aromatic rings. The molecule has 1 aliphatic rings. The van der Waals surface area contributed by atoms with E-state index in [-0.39, 0.29) is 28.2 Å². The Bertz CT molecular complexity index is 1180. The van der Waals surface area contributed by atoms with Crippen LogP contribution >= 0.6 is 0 Å². The van der Waals surface area contributed by atoms with Crippen LogP contribution in [0.4, 0.5) is 24.7 Å². The molecule has 0 unspecified atom stereocenters. The number of carbonyl (C=O) groups is 3. The van der Waals surface area contributed by atoms with Crippen LogP contribution in [0.15, 0.2) is 66.9 Å². The number of aromatic nitrogens is 1. The zero-order valence-electron chi connectivity index (χ0n) is 15.1. The van der Waals surface area contributed by atoms with E-state index in [2.05, 4.69) is 10.3 Å². The fraction of sp³-hybridized carbons (Fsp3) is 0.0476. The van der Waals surface area contributed by atoms with Crippen LogP contribution in [-0.2, 0) is 6.18 Å². The Hall–Kier alpha value is -4.01. The predicted molar refractivity (Wildman–Crippen MR) is 101 cm³/mol. The van der Waals surface area contributed by atoms with E-state index in [0.29, 0.717) is 0 Å². The lowest BCUT2D eigenvalue weighted by molar-refractivity contribution is -0.137. The molecule has 0 bridgehead atoms. The topological polar surface area (TPSA) is 79.4 Å². The van der Waals surface area contributed by atoms with Gasteiger partial charge in [-0.1, -0.05) is 12.1 Å². The molecule has 2 heterocycles. The highest BCUT2D eigenvalue weighted by Gasteiger charge is 2.38. The van der Waals surface area contributed by atoms with Gasteiger partial charge in [0.15, 0.2) is 0 Å². The van der Waals surface area contributed by atoms with Gasteiger partial charge in [0.05, 0.1) is 16.7 Å². The summed E-state index contributed by atoms with van der Waals surface area (Å²) in [6.07, 6.45) is -3.11. The number of benzene rings is 2. The largest absolute Gasteiger partial charge is 0.416 e. The van der Waals surface area contributed by atoms with Crippen molar-refractivity contribution in [1.82, 2.24) is 4.98 Å². The van der Waals surface area contributed by atoms with Crippen LogP contribution in [-0.4, -0.2) is 22.7 Å². The molecule has 0 fully saturated rings. The number of nitrogens with zero attached hydrogens (tertiary/aromatic N) is 2. The van der Waals surface area contributed by atoms with Crippen LogP contribution in [0.3, 0.4) is 0 Å². The molecule has 1 aromatic heterocycles. The van der Waals surface area contributed by atoms with E-state index in [1.54, 1.807) is 12.1 Å². The Morgan fingerprint density at radius 3 is 2.37 bits per heavy atom. The van der Waals surface area contributed by atoms with E-state index in [1.807, 2.05) is 0 Å². The Labute approximate surface area is 168 Å². The third-order valence-corrected chi connectivity index (χ3v) is 4.47. The van der Waals surface area contributed by atoms with Gasteiger partial charge in [-0.15, -0.1) is 0 Å². The number of hydrogen-bond donors (Lipinski definition) is 1. The molecule has 30 heavy (non-hydrogen) atoms. The first-order valence-electron chi connectivity index (χ1n) is 8.68. The Kier molecular flexibility index (Phi) is 4.57. The number of rotatable bonds is 3. The fourth-order valence-corrected chi connectivity index (χ4v) is 3.05. The highest BCUT2D eigenvalue weighted by Crippen LogP contribution is 2.31. The van der Waals surface area contributed by atoms with Crippen LogP contribution in [0, 0.1) is 0 Å². The average molecular weight is 411 g/mol. The second-order valence-corrected chi connectivity index (χ2v) is 6.43. The van der Waals surface area contributed by atoms with E-state index >= 15 is 0 Å². The lowest BCUT2D eigenvalue weighted by Gasteiger charge is -2.11. The van der Waals surface area contributed by atoms with Crippen LogP contribution in [0.1, 0.15) is 36.6 Å². The highest BCUT2D eigenvalue weighted by molar-refractivity contribution is 6.34. The van der Waals surface area contributed by atoms with Crippen molar-refractivity contribution in [1.29, 1.82) is 0 Å². The summed E-state index contributed by atoms with van der Waals surface area (Å²) in [6, 6.07) is 12.9. The van der Waals surface area contributed by atoms with Crippen molar-refractivity contribution in [2.45, 2.75) is 6.18 Å². The maximum atomic E-state index is 12.8. The molecule has 0 atom stereocenters. The monoisotopic (exact) mass is 411 g/mol. The molecule has 1 aliphatic heterocycles. The normalized spacial score (nSPS) is 13.4. The smallest absolute Gasteiger partial charge is 0.322 e. The van der Waals surface area contributed by atoms with E-state index in [9.17, 15) is 27.6 Å². The van der Waals surface area contributed by atoms with Gasteiger partial charge in [-0.2, -0.15) is 13.2 Å². The first-order chi connectivity index (χ1) is 14.3. The molecule has 3 amide bonds. The number of carbonyl (C=O) groups excluding carboxylic acids is 3. The maximum Gasteiger partial charge on any atom is 0.416 e. The van der Waals surface area contributed by atoms with E-state index in [0.717, 1.165) is 17.0 Å². The number of halogens is 3. The minimum Gasteiger partial charge on any atom is -0.322 e. The first kappa shape index (κ1) is 19.3. The van der Waals surface area contributed by atoms with Crippen LogP contribution < -0.4 is 10.2 Å². The molecular weight excluding hydrogens is 399 g/mol. The molecule has 9 heteroatoms. The lowest BCUT2D eigenvalue weighted by atomic mass is 10.1. The number of alkyl halides is 3. The summed E-state index contributed by atoms with van der Waals surface area (Å²) < 4.78 is 38.5. The van der Waals surface area contributed by atoms with Crippen molar-refractivity contribution in [3.8, 4) is 0 Å². The summed E-state index contributed by atoms with van der Waals surface area (Å²) in [6.45, 7) is 0. The second kappa shape index (κ2) is 7.11. The summed E-state index contributed by atoms with van der Waals surface area (Å²) >= 11 is 0. The van der Waals surface area contributed by atoms with Gasteiger partial charge in [-0.3, -0.25) is 14.4 Å². The number of anilines is 2. The summed E-state index contributed by atoms with van der Waals surface area (Å²) in [7, 11) is 0. The number of nitrogens with one attached hydrogen (secondary N) is 1. The van der Waals surface area contributed by atoms with Crippen molar-refractivity contribution in [3.63, 3.8) is 0 Å². The number of amides is 3. The molecule has 0 saturated heterocycles. The Morgan fingerprint density at radius 1 is 0.900 bits per heavy atom. The quantitative estimate of drug-likeness (QED) is 0.657. The summed E-state index contributed by atoms with van der Waals surface area (Å²) in [4.78, 5) is 42.7. The lowest BCUT2D eigenvalue weighted by Crippen LogP contribution is -2.30. The molecule has 6 nitrogen and oxygen atoms in total. The molecule has 0 aliphatic carbocycles. The Morgan fingerprint density at radius 2 is 1.67 bits per heavy atom. The van der Waals surface area contributed by atoms with Gasteiger partial charge < -0.3 is 5.32 Å². The van der Waals surface area contributed by atoms with Gasteiger partial charge in [0.1, 0.15) is 5.82 Å². The van der Waals surface area contributed by atoms with Crippen molar-refractivity contribution < 1.29 is 27.6 Å². The minimum absolute atomic E-state index is 0.0161. The van der Waals surface area contributed by atoms with E-state index < -0.39 is 29.5 Å². The number of imide groups is 1. The molecule has 0 saturated carbocycles. The molecule has 1 N–H and O–H groups in total. The predicted octanol–water partition coefficient (Wildman–Crippen LogP) is 4.15. The highest BCUT2D eigenvalue weighted by atomic mass is 19.4. The van der Waals surface area contributed by atoms with Gasteiger partial charge in [-0.05, 0) is 48.5 Å². The molecular formula is C21H12F3N3O3. The molecule has 0 spiro atoms. The van der Waals surface area contributed by atoms with Crippen molar-refractivity contribution in [3.05, 3.63) is 89.1 Å². The zero-order valence-corrected chi connectivity index (χ0v) is 15.1. The van der Waals surface area contributed by atoms with E-state index in [4.69, 9.17) is 0 Å². The number of pyridine rings is 1. The third-order valence-electron chi connectivity index (χ3n) is 4.47. The first-order valence-corrected chi connectivity index (χ1v) is 8.68. The third kappa shape index (κ3) is 3.41. The molecule has 150 valence electrons. The summed E-state index contributed by atoms with van der Waals surface area (Å²) in [5, 5.41) is 2.37. The van der Waals surface area contributed by atoms with Crippen molar-refractivity contribution in [2.75, 3.05) is 10.2 Å². The van der Waals surface area contributed by atoms with Crippen LogP contribution in [0.25, 0.3) is 0 Å². The SMILES string of the molecule is O=C(Nc1cccc(C(F)(F)F)c1)c1ccc2c(c1)C(=O)N(c1ccccn1)C2=O. The minimum atomic E-state index is -4.55. The van der Waals surface area contributed by atoms with Gasteiger partial charge in [0.25, 0.3) is 17.7 Å². The number of fused-ring (bicyclic) bond motifs is 1. The molecule has 2 aromatic carbocycles. The van der Waals surface area contributed by atoms with Gasteiger partial charge in [0, 0.05) is 17.4 Å². The van der Waals surface area contributed by atoms with Crippen LogP contribution in [0.5, 0.6) is 0 Å². The van der Waals surface area contributed by atoms with Gasteiger partial charge >= 0.3 is 6.18 Å². The standard InChI is InChI=1S/C21H12F3N3O3/c22-21(23,24)13-4-3-5-14(11-13)26-18(28)12-7-8-15-16(10-12)20(30)27(19(15)29)17-6-1-2-9-25-17/h1-11H,(H,26,28). The summed E-state index contributed by atoms with van der Waals surface area (Å²) in [5.74, 6) is -1.77. The van der Waals surface area contributed by atoms with E-state index in [1.165, 1.54) is 42.6 Å². The average Bonchev–Trinajstić information content (AvgIpc) is 2.98. The van der Waals surface area contributed by atoms with Gasteiger partial charge in [-0.25, -0.2) is 9.88 Å². The zero-order chi connectivity index (χ0) is 21.5. The maximum absolute atomic E-state index is 12.8. The molecule has 0 radical (unpaired) electrons. The second-order valence-electron chi connectivity index (χ2n) is 6.43. The van der Waals surface area contributed by atoms with Crippen LogP contribution in [0.2, 0.25) is 0 Å². The molecule has 4 rings (SSSR count). The van der Waals surface area contributed by atoms with Crippen molar-refractivity contribution in [2.24, 2.45) is 0 Å². The number of hydrogen-bond acceptors (Lipinski definition) is 4. The van der Waals surface area contributed by atoms with Gasteiger partial charge in [0.2, 0.25) is 0 Å². The Balaban J connectivity index is 1.60. The fourth-order valence-electron chi connectivity index (χ4n) is 3.05. The van der Waals surface area contributed by atoms with Crippen molar-refractivity contribution >= 4 is 29.2 Å².